The minimum Gasteiger partial charge on any atom is -0.386 e. The van der Waals surface area contributed by atoms with Crippen molar-refractivity contribution in [1.29, 1.82) is 0 Å². The second-order valence-corrected chi connectivity index (χ2v) is 5.68. The van der Waals surface area contributed by atoms with E-state index in [1.165, 1.54) is 0 Å². The van der Waals surface area contributed by atoms with E-state index in [1.807, 2.05) is 12.1 Å². The summed E-state index contributed by atoms with van der Waals surface area (Å²) in [6.07, 6.45) is 5.05. The SMILES string of the molecule is O=C1NC(=O)c2ccc(Br)cc2C1=CNCc1ccncc1. The summed E-state index contributed by atoms with van der Waals surface area (Å²) in [6.45, 7) is 0.566. The van der Waals surface area contributed by atoms with Gasteiger partial charge in [-0.05, 0) is 35.9 Å². The van der Waals surface area contributed by atoms with E-state index in [0.717, 1.165) is 10.0 Å². The quantitative estimate of drug-likeness (QED) is 0.652. The number of imide groups is 1. The van der Waals surface area contributed by atoms with Crippen molar-refractivity contribution in [2.24, 2.45) is 0 Å². The topological polar surface area (TPSA) is 71.1 Å². The van der Waals surface area contributed by atoms with Crippen molar-refractivity contribution in [3.05, 3.63) is 70.1 Å². The van der Waals surface area contributed by atoms with Gasteiger partial charge in [-0.25, -0.2) is 0 Å². The second-order valence-electron chi connectivity index (χ2n) is 4.77. The van der Waals surface area contributed by atoms with Crippen molar-refractivity contribution in [1.82, 2.24) is 15.6 Å². The minimum atomic E-state index is -0.405. The third-order valence-electron chi connectivity index (χ3n) is 3.29. The van der Waals surface area contributed by atoms with Gasteiger partial charge < -0.3 is 5.32 Å². The third-order valence-corrected chi connectivity index (χ3v) is 3.78. The molecule has 1 aliphatic heterocycles. The number of halogens is 1. The van der Waals surface area contributed by atoms with Crippen LogP contribution in [0.3, 0.4) is 0 Å². The first kappa shape index (κ1) is 14.5. The summed E-state index contributed by atoms with van der Waals surface area (Å²) in [4.78, 5) is 27.9. The lowest BCUT2D eigenvalue weighted by Crippen LogP contribution is -2.37. The van der Waals surface area contributed by atoms with E-state index < -0.39 is 5.91 Å². The third kappa shape index (κ3) is 2.92. The number of rotatable bonds is 3. The van der Waals surface area contributed by atoms with Crippen molar-refractivity contribution in [2.45, 2.75) is 6.54 Å². The molecule has 2 heterocycles. The number of amides is 2. The van der Waals surface area contributed by atoms with Crippen LogP contribution in [0.1, 0.15) is 21.5 Å². The van der Waals surface area contributed by atoms with Crippen LogP contribution in [0.15, 0.2) is 53.4 Å². The Morgan fingerprint density at radius 2 is 1.86 bits per heavy atom. The highest BCUT2D eigenvalue weighted by molar-refractivity contribution is 9.10. The smallest absolute Gasteiger partial charge is 0.260 e. The van der Waals surface area contributed by atoms with Crippen LogP contribution in [0.5, 0.6) is 0 Å². The molecular weight excluding hydrogens is 346 g/mol. The largest absolute Gasteiger partial charge is 0.386 e. The van der Waals surface area contributed by atoms with Crippen molar-refractivity contribution in [2.75, 3.05) is 0 Å². The first-order valence-electron chi connectivity index (χ1n) is 6.63. The van der Waals surface area contributed by atoms with Gasteiger partial charge in [-0.3, -0.25) is 19.9 Å². The van der Waals surface area contributed by atoms with Crippen molar-refractivity contribution < 1.29 is 9.59 Å². The Labute approximate surface area is 135 Å². The van der Waals surface area contributed by atoms with Crippen LogP contribution in [0.2, 0.25) is 0 Å². The van der Waals surface area contributed by atoms with Crippen LogP contribution in [0.25, 0.3) is 5.57 Å². The van der Waals surface area contributed by atoms with Gasteiger partial charge in [0, 0.05) is 40.7 Å². The molecule has 0 bridgehead atoms. The summed E-state index contributed by atoms with van der Waals surface area (Å²) in [6, 6.07) is 9.01. The highest BCUT2D eigenvalue weighted by atomic mass is 79.9. The molecule has 0 radical (unpaired) electrons. The van der Waals surface area contributed by atoms with Gasteiger partial charge in [-0.15, -0.1) is 0 Å². The molecular formula is C16H12BrN3O2. The Morgan fingerprint density at radius 1 is 1.09 bits per heavy atom. The number of fused-ring (bicyclic) bond motifs is 1. The Bertz CT molecular complexity index is 772. The average molecular weight is 358 g/mol. The molecule has 3 rings (SSSR count). The summed E-state index contributed by atoms with van der Waals surface area (Å²) in [5.74, 6) is -0.781. The van der Waals surface area contributed by atoms with Crippen LogP contribution in [0, 0.1) is 0 Å². The molecule has 22 heavy (non-hydrogen) atoms. The summed E-state index contributed by atoms with van der Waals surface area (Å²) >= 11 is 3.37. The number of hydrogen-bond donors (Lipinski definition) is 2. The van der Waals surface area contributed by atoms with Crippen molar-refractivity contribution in [3.63, 3.8) is 0 Å². The number of hydrogen-bond acceptors (Lipinski definition) is 4. The molecule has 110 valence electrons. The average Bonchev–Trinajstić information content (AvgIpc) is 2.51. The fourth-order valence-corrected chi connectivity index (χ4v) is 2.57. The molecule has 2 N–H and O–H groups in total. The van der Waals surface area contributed by atoms with Gasteiger partial charge in [-0.1, -0.05) is 15.9 Å². The summed E-state index contributed by atoms with van der Waals surface area (Å²) in [7, 11) is 0. The number of carbonyl (C=O) groups is 2. The zero-order chi connectivity index (χ0) is 15.5. The highest BCUT2D eigenvalue weighted by Gasteiger charge is 2.27. The first-order valence-corrected chi connectivity index (χ1v) is 7.42. The van der Waals surface area contributed by atoms with E-state index in [4.69, 9.17) is 0 Å². The molecule has 2 aromatic rings. The fourth-order valence-electron chi connectivity index (χ4n) is 2.21. The van der Waals surface area contributed by atoms with Gasteiger partial charge in [0.05, 0.1) is 5.57 Å². The van der Waals surface area contributed by atoms with E-state index in [2.05, 4.69) is 31.5 Å². The Morgan fingerprint density at radius 3 is 2.64 bits per heavy atom. The molecule has 0 aliphatic carbocycles. The first-order chi connectivity index (χ1) is 10.6. The summed E-state index contributed by atoms with van der Waals surface area (Å²) in [5.41, 5.74) is 2.59. The minimum absolute atomic E-state index is 0.376. The van der Waals surface area contributed by atoms with Gasteiger partial charge in [0.15, 0.2) is 0 Å². The van der Waals surface area contributed by atoms with Crippen LogP contribution in [-0.2, 0) is 11.3 Å². The predicted octanol–water partition coefficient (Wildman–Crippen LogP) is 2.24. The lowest BCUT2D eigenvalue weighted by molar-refractivity contribution is -0.114. The van der Waals surface area contributed by atoms with E-state index in [-0.39, 0.29) is 5.91 Å². The molecule has 0 saturated heterocycles. The standard InChI is InChI=1S/C16H12BrN3O2/c17-11-1-2-12-13(7-11)14(16(22)20-15(12)21)9-19-8-10-3-5-18-6-4-10/h1-7,9,19H,8H2,(H,20,21,22). The molecule has 0 atom stereocenters. The summed E-state index contributed by atoms with van der Waals surface area (Å²) in [5, 5.41) is 5.44. The zero-order valence-corrected chi connectivity index (χ0v) is 13.1. The van der Waals surface area contributed by atoms with E-state index in [9.17, 15) is 9.59 Å². The molecule has 0 saturated carbocycles. The predicted molar refractivity (Wildman–Crippen MR) is 85.7 cm³/mol. The van der Waals surface area contributed by atoms with Gasteiger partial charge in [-0.2, -0.15) is 0 Å². The lowest BCUT2D eigenvalue weighted by Gasteiger charge is -2.18. The number of aromatic nitrogens is 1. The van der Waals surface area contributed by atoms with Crippen LogP contribution in [-0.4, -0.2) is 16.8 Å². The second kappa shape index (κ2) is 6.11. The maximum atomic E-state index is 12.1. The molecule has 5 nitrogen and oxygen atoms in total. The normalized spacial score (nSPS) is 15.4. The van der Waals surface area contributed by atoms with Crippen LogP contribution in [0.4, 0.5) is 0 Å². The molecule has 1 aromatic carbocycles. The Balaban J connectivity index is 1.88. The molecule has 0 spiro atoms. The summed E-state index contributed by atoms with van der Waals surface area (Å²) < 4.78 is 0.814. The van der Waals surface area contributed by atoms with Crippen molar-refractivity contribution in [3.8, 4) is 0 Å². The molecule has 6 heteroatoms. The fraction of sp³-hybridized carbons (Fsp3) is 0.0625. The number of benzene rings is 1. The van der Waals surface area contributed by atoms with Crippen LogP contribution >= 0.6 is 15.9 Å². The van der Waals surface area contributed by atoms with Gasteiger partial charge in [0.25, 0.3) is 11.8 Å². The molecule has 1 aromatic heterocycles. The highest BCUT2D eigenvalue weighted by Crippen LogP contribution is 2.26. The molecule has 0 fully saturated rings. The molecule has 0 unspecified atom stereocenters. The van der Waals surface area contributed by atoms with Crippen LogP contribution < -0.4 is 10.6 Å². The van der Waals surface area contributed by atoms with E-state index >= 15 is 0 Å². The lowest BCUT2D eigenvalue weighted by atomic mass is 9.95. The van der Waals surface area contributed by atoms with Gasteiger partial charge >= 0.3 is 0 Å². The zero-order valence-electron chi connectivity index (χ0n) is 11.5. The van der Waals surface area contributed by atoms with E-state index in [1.54, 1.807) is 36.8 Å². The Kier molecular flexibility index (Phi) is 4.02. The number of carbonyl (C=O) groups excluding carboxylic acids is 2. The maximum absolute atomic E-state index is 12.1. The molecule has 1 aliphatic rings. The van der Waals surface area contributed by atoms with Gasteiger partial charge in [0.1, 0.15) is 0 Å². The maximum Gasteiger partial charge on any atom is 0.260 e. The monoisotopic (exact) mass is 357 g/mol. The number of pyridine rings is 1. The van der Waals surface area contributed by atoms with Crippen molar-refractivity contribution >= 4 is 33.3 Å². The van der Waals surface area contributed by atoms with Gasteiger partial charge in [0.2, 0.25) is 0 Å². The Hall–Kier alpha value is -2.47. The van der Waals surface area contributed by atoms with E-state index in [0.29, 0.717) is 23.2 Å². The number of nitrogens with one attached hydrogen (secondary N) is 2. The number of nitrogens with zero attached hydrogens (tertiary/aromatic N) is 1. The molecule has 2 amide bonds.